The molecule has 0 aliphatic rings. The number of nitrogens with two attached hydrogens (primary N) is 1. The van der Waals surface area contributed by atoms with Crippen LogP contribution in [-0.4, -0.2) is 6.54 Å². The zero-order valence-corrected chi connectivity index (χ0v) is 13.7. The van der Waals surface area contributed by atoms with Gasteiger partial charge in [0.15, 0.2) is 0 Å². The Morgan fingerprint density at radius 2 is 1.33 bits per heavy atom. The van der Waals surface area contributed by atoms with Gasteiger partial charge in [0.2, 0.25) is 0 Å². The van der Waals surface area contributed by atoms with E-state index in [1.807, 2.05) is 18.2 Å². The maximum absolute atomic E-state index is 5.70. The predicted molar refractivity (Wildman–Crippen MR) is 103 cm³/mol. The molecule has 0 unspecified atom stereocenters. The third-order valence-corrected chi connectivity index (χ3v) is 3.90. The van der Waals surface area contributed by atoms with E-state index in [1.54, 1.807) is 0 Å². The lowest BCUT2D eigenvalue weighted by atomic mass is 10.1. The van der Waals surface area contributed by atoms with E-state index in [9.17, 15) is 0 Å². The molecule has 0 aromatic heterocycles. The van der Waals surface area contributed by atoms with E-state index in [0.29, 0.717) is 6.54 Å². The van der Waals surface area contributed by atoms with Crippen molar-refractivity contribution >= 4 is 17.1 Å². The van der Waals surface area contributed by atoms with E-state index in [4.69, 9.17) is 5.73 Å². The number of hydrogen-bond acceptors (Lipinski definition) is 3. The van der Waals surface area contributed by atoms with E-state index in [0.717, 1.165) is 35.6 Å². The molecule has 0 spiro atoms. The Bertz CT molecular complexity index is 769. The average Bonchev–Trinajstić information content (AvgIpc) is 2.63. The van der Waals surface area contributed by atoms with E-state index in [2.05, 4.69) is 71.3 Å². The molecular formula is C21H23N3. The van der Waals surface area contributed by atoms with E-state index >= 15 is 0 Å². The Morgan fingerprint density at radius 3 is 2.12 bits per heavy atom. The molecule has 122 valence electrons. The summed E-state index contributed by atoms with van der Waals surface area (Å²) in [6.45, 7) is 1.47. The van der Waals surface area contributed by atoms with Gasteiger partial charge in [0.05, 0.1) is 0 Å². The van der Waals surface area contributed by atoms with Crippen LogP contribution >= 0.6 is 0 Å². The van der Waals surface area contributed by atoms with Crippen molar-refractivity contribution in [3.8, 4) is 0 Å². The molecule has 3 aromatic carbocycles. The fourth-order valence-electron chi connectivity index (χ4n) is 2.65. The maximum atomic E-state index is 5.70. The standard InChI is InChI=1S/C21H23N3/c22-16-18-8-4-10-20(14-18)24-21-11-5-9-19(15-21)23-13-12-17-6-2-1-3-7-17/h1-11,14-15,23-24H,12-13,16,22H2. The lowest BCUT2D eigenvalue weighted by Gasteiger charge is -2.11. The molecule has 0 radical (unpaired) electrons. The smallest absolute Gasteiger partial charge is 0.0404 e. The summed E-state index contributed by atoms with van der Waals surface area (Å²) in [5.41, 5.74) is 11.4. The second-order valence-electron chi connectivity index (χ2n) is 5.77. The molecule has 0 aliphatic carbocycles. The molecule has 24 heavy (non-hydrogen) atoms. The molecule has 0 bridgehead atoms. The molecule has 0 fully saturated rings. The van der Waals surface area contributed by atoms with Gasteiger partial charge in [-0.1, -0.05) is 48.5 Å². The fourth-order valence-corrected chi connectivity index (χ4v) is 2.65. The van der Waals surface area contributed by atoms with Gasteiger partial charge in [-0.3, -0.25) is 0 Å². The highest BCUT2D eigenvalue weighted by molar-refractivity contribution is 5.65. The summed E-state index contributed by atoms with van der Waals surface area (Å²) in [5, 5.41) is 6.91. The average molecular weight is 317 g/mol. The normalized spacial score (nSPS) is 10.4. The van der Waals surface area contributed by atoms with Crippen LogP contribution in [0.5, 0.6) is 0 Å². The van der Waals surface area contributed by atoms with Gasteiger partial charge in [-0.25, -0.2) is 0 Å². The summed E-state index contributed by atoms with van der Waals surface area (Å²) < 4.78 is 0. The van der Waals surface area contributed by atoms with Crippen LogP contribution in [0.25, 0.3) is 0 Å². The summed E-state index contributed by atoms with van der Waals surface area (Å²) in [5.74, 6) is 0. The first kappa shape index (κ1) is 16.1. The number of nitrogens with one attached hydrogen (secondary N) is 2. The summed E-state index contributed by atoms with van der Waals surface area (Å²) in [6, 6.07) is 27.0. The van der Waals surface area contributed by atoms with Gasteiger partial charge in [-0.05, 0) is 47.9 Å². The van der Waals surface area contributed by atoms with Crippen LogP contribution in [-0.2, 0) is 13.0 Å². The lowest BCUT2D eigenvalue weighted by molar-refractivity contribution is 1.02. The number of anilines is 3. The quantitative estimate of drug-likeness (QED) is 0.599. The fraction of sp³-hybridized carbons (Fsp3) is 0.143. The van der Waals surface area contributed by atoms with Crippen LogP contribution < -0.4 is 16.4 Å². The SMILES string of the molecule is NCc1cccc(Nc2cccc(NCCc3ccccc3)c2)c1. The van der Waals surface area contributed by atoms with Crippen molar-refractivity contribution in [1.29, 1.82) is 0 Å². The predicted octanol–water partition coefficient (Wildman–Crippen LogP) is 4.54. The first-order chi connectivity index (χ1) is 11.8. The molecule has 4 N–H and O–H groups in total. The van der Waals surface area contributed by atoms with E-state index < -0.39 is 0 Å². The Balaban J connectivity index is 1.59. The van der Waals surface area contributed by atoms with E-state index in [-0.39, 0.29) is 0 Å². The minimum absolute atomic E-state index is 0.552. The highest BCUT2D eigenvalue weighted by Crippen LogP contribution is 2.21. The van der Waals surface area contributed by atoms with Gasteiger partial charge < -0.3 is 16.4 Å². The van der Waals surface area contributed by atoms with Crippen molar-refractivity contribution in [3.63, 3.8) is 0 Å². The molecule has 3 heteroatoms. The summed E-state index contributed by atoms with van der Waals surface area (Å²) in [7, 11) is 0. The number of benzene rings is 3. The molecule has 3 nitrogen and oxygen atoms in total. The molecular weight excluding hydrogens is 294 g/mol. The van der Waals surface area contributed by atoms with Crippen molar-refractivity contribution in [1.82, 2.24) is 0 Å². The number of hydrogen-bond donors (Lipinski definition) is 3. The monoisotopic (exact) mass is 317 g/mol. The Morgan fingerprint density at radius 1 is 0.667 bits per heavy atom. The van der Waals surface area contributed by atoms with Crippen molar-refractivity contribution < 1.29 is 0 Å². The van der Waals surface area contributed by atoms with Gasteiger partial charge in [0, 0.05) is 30.2 Å². The summed E-state index contributed by atoms with van der Waals surface area (Å²) >= 11 is 0. The summed E-state index contributed by atoms with van der Waals surface area (Å²) in [4.78, 5) is 0. The summed E-state index contributed by atoms with van der Waals surface area (Å²) in [6.07, 6.45) is 1.01. The molecule has 3 rings (SSSR count). The largest absolute Gasteiger partial charge is 0.385 e. The molecule has 3 aromatic rings. The molecule has 0 aliphatic heterocycles. The third-order valence-electron chi connectivity index (χ3n) is 3.90. The van der Waals surface area contributed by atoms with Crippen LogP contribution in [0.1, 0.15) is 11.1 Å². The van der Waals surface area contributed by atoms with Crippen molar-refractivity contribution in [3.05, 3.63) is 90.0 Å². The second kappa shape index (κ2) is 8.18. The zero-order valence-electron chi connectivity index (χ0n) is 13.7. The van der Waals surface area contributed by atoms with Crippen LogP contribution in [0.15, 0.2) is 78.9 Å². The minimum Gasteiger partial charge on any atom is -0.385 e. The molecule has 0 saturated carbocycles. The molecule has 0 atom stereocenters. The first-order valence-electron chi connectivity index (χ1n) is 8.27. The zero-order chi connectivity index (χ0) is 16.6. The van der Waals surface area contributed by atoms with Gasteiger partial charge >= 0.3 is 0 Å². The van der Waals surface area contributed by atoms with Gasteiger partial charge in [-0.15, -0.1) is 0 Å². The minimum atomic E-state index is 0.552. The Hall–Kier alpha value is -2.78. The Labute approximate surface area is 143 Å². The number of rotatable bonds is 7. The van der Waals surface area contributed by atoms with E-state index in [1.165, 1.54) is 5.56 Å². The maximum Gasteiger partial charge on any atom is 0.0404 e. The second-order valence-corrected chi connectivity index (χ2v) is 5.77. The van der Waals surface area contributed by atoms with Gasteiger partial charge in [0.1, 0.15) is 0 Å². The topological polar surface area (TPSA) is 50.1 Å². The molecule has 0 amide bonds. The van der Waals surface area contributed by atoms with Crippen molar-refractivity contribution in [2.75, 3.05) is 17.2 Å². The molecule has 0 heterocycles. The third kappa shape index (κ3) is 4.61. The van der Waals surface area contributed by atoms with Gasteiger partial charge in [-0.2, -0.15) is 0 Å². The molecule has 0 saturated heterocycles. The Kier molecular flexibility index (Phi) is 5.48. The lowest BCUT2D eigenvalue weighted by Crippen LogP contribution is -2.05. The van der Waals surface area contributed by atoms with Crippen LogP contribution in [0.3, 0.4) is 0 Å². The van der Waals surface area contributed by atoms with Crippen LogP contribution in [0.2, 0.25) is 0 Å². The van der Waals surface area contributed by atoms with Crippen LogP contribution in [0.4, 0.5) is 17.1 Å². The van der Waals surface area contributed by atoms with Gasteiger partial charge in [0.25, 0.3) is 0 Å². The highest BCUT2D eigenvalue weighted by Gasteiger charge is 1.99. The van der Waals surface area contributed by atoms with Crippen molar-refractivity contribution in [2.45, 2.75) is 13.0 Å². The van der Waals surface area contributed by atoms with Crippen molar-refractivity contribution in [2.24, 2.45) is 5.73 Å². The highest BCUT2D eigenvalue weighted by atomic mass is 14.9. The first-order valence-corrected chi connectivity index (χ1v) is 8.27. The van der Waals surface area contributed by atoms with Crippen LogP contribution in [0, 0.1) is 0 Å².